The Balaban J connectivity index is 1.65. The van der Waals surface area contributed by atoms with Crippen LogP contribution in [0.3, 0.4) is 0 Å². The van der Waals surface area contributed by atoms with Crippen molar-refractivity contribution in [2.75, 3.05) is 39.8 Å². The maximum absolute atomic E-state index is 5.75. The smallest absolute Gasteiger partial charge is 0.0297 e. The van der Waals surface area contributed by atoms with Crippen LogP contribution in [-0.4, -0.2) is 55.6 Å². The van der Waals surface area contributed by atoms with Crippen LogP contribution in [0, 0.1) is 5.92 Å². The summed E-state index contributed by atoms with van der Waals surface area (Å²) in [6.45, 7) is 6.12. The summed E-state index contributed by atoms with van der Waals surface area (Å²) in [5.74, 6) is 0.934. The summed E-state index contributed by atoms with van der Waals surface area (Å²) in [5.41, 5.74) is 5.75. The Kier molecular flexibility index (Phi) is 2.86. The van der Waals surface area contributed by atoms with Crippen molar-refractivity contribution in [2.24, 2.45) is 11.7 Å². The van der Waals surface area contributed by atoms with Crippen molar-refractivity contribution in [1.29, 1.82) is 0 Å². The Bertz CT molecular complexity index is 158. The lowest BCUT2D eigenvalue weighted by Crippen LogP contribution is -2.57. The van der Waals surface area contributed by atoms with E-state index in [1.54, 1.807) is 0 Å². The molecule has 2 heterocycles. The second kappa shape index (κ2) is 3.95. The Labute approximate surface area is 80.9 Å². The van der Waals surface area contributed by atoms with E-state index in [2.05, 4.69) is 16.8 Å². The van der Waals surface area contributed by atoms with Crippen molar-refractivity contribution in [1.82, 2.24) is 9.80 Å². The summed E-state index contributed by atoms with van der Waals surface area (Å²) in [4.78, 5) is 4.93. The van der Waals surface area contributed by atoms with Gasteiger partial charge in [0.05, 0.1) is 0 Å². The Morgan fingerprint density at radius 3 is 2.38 bits per heavy atom. The topological polar surface area (TPSA) is 32.5 Å². The molecule has 2 saturated heterocycles. The van der Waals surface area contributed by atoms with Gasteiger partial charge in [0, 0.05) is 25.7 Å². The van der Waals surface area contributed by atoms with E-state index in [-0.39, 0.29) is 0 Å². The highest BCUT2D eigenvalue weighted by Gasteiger charge is 2.26. The summed E-state index contributed by atoms with van der Waals surface area (Å²) in [7, 11) is 2.22. The lowest BCUT2D eigenvalue weighted by molar-refractivity contribution is 0.0999. The number of hydrogen-bond donors (Lipinski definition) is 1. The minimum Gasteiger partial charge on any atom is -0.325 e. The maximum Gasteiger partial charge on any atom is 0.0297 e. The molecule has 0 aliphatic carbocycles. The first-order valence-corrected chi connectivity index (χ1v) is 5.40. The van der Waals surface area contributed by atoms with Crippen molar-refractivity contribution < 1.29 is 0 Å². The molecule has 2 aliphatic rings. The minimum absolute atomic E-state index is 0.464. The molecule has 3 nitrogen and oxygen atoms in total. The molecule has 0 spiro atoms. The number of likely N-dealkylation sites (tertiary alicyclic amines) is 2. The highest BCUT2D eigenvalue weighted by molar-refractivity contribution is 4.85. The second-order valence-electron chi connectivity index (χ2n) is 4.73. The average Bonchev–Trinajstić information content (AvgIpc) is 2.06. The first-order valence-electron chi connectivity index (χ1n) is 5.40. The molecule has 0 atom stereocenters. The molecule has 2 rings (SSSR count). The third kappa shape index (κ3) is 2.42. The van der Waals surface area contributed by atoms with Gasteiger partial charge in [-0.2, -0.15) is 0 Å². The van der Waals surface area contributed by atoms with Crippen molar-refractivity contribution in [3.05, 3.63) is 0 Å². The summed E-state index contributed by atoms with van der Waals surface area (Å²) in [5, 5.41) is 0. The van der Waals surface area contributed by atoms with E-state index in [1.165, 1.54) is 32.5 Å². The van der Waals surface area contributed by atoms with Gasteiger partial charge in [-0.05, 0) is 38.9 Å². The largest absolute Gasteiger partial charge is 0.325 e. The van der Waals surface area contributed by atoms with Crippen molar-refractivity contribution in [3.63, 3.8) is 0 Å². The Hall–Kier alpha value is -0.120. The van der Waals surface area contributed by atoms with Gasteiger partial charge in [-0.3, -0.25) is 4.90 Å². The molecule has 13 heavy (non-hydrogen) atoms. The Morgan fingerprint density at radius 2 is 1.85 bits per heavy atom. The van der Waals surface area contributed by atoms with Crippen molar-refractivity contribution in [3.8, 4) is 0 Å². The van der Waals surface area contributed by atoms with Crippen LogP contribution in [0.4, 0.5) is 0 Å². The molecular weight excluding hydrogens is 162 g/mol. The molecule has 0 unspecified atom stereocenters. The second-order valence-corrected chi connectivity index (χ2v) is 4.73. The van der Waals surface area contributed by atoms with Crippen LogP contribution in [0.15, 0.2) is 0 Å². The van der Waals surface area contributed by atoms with Crippen molar-refractivity contribution in [2.45, 2.75) is 18.9 Å². The molecule has 2 aliphatic heterocycles. The van der Waals surface area contributed by atoms with Gasteiger partial charge in [0.25, 0.3) is 0 Å². The summed E-state index contributed by atoms with van der Waals surface area (Å²) in [6.07, 6.45) is 2.75. The molecule has 2 N–H and O–H groups in total. The number of rotatable bonds is 2. The summed E-state index contributed by atoms with van der Waals surface area (Å²) < 4.78 is 0. The molecule has 0 aromatic rings. The van der Waals surface area contributed by atoms with E-state index >= 15 is 0 Å². The average molecular weight is 183 g/mol. The predicted octanol–water partition coefficient (Wildman–Crippen LogP) is -0.0289. The van der Waals surface area contributed by atoms with Crippen LogP contribution in [0.2, 0.25) is 0 Å². The van der Waals surface area contributed by atoms with E-state index in [4.69, 9.17) is 5.73 Å². The SMILES string of the molecule is CN1CCC(CN2CC(N)C2)CC1. The Morgan fingerprint density at radius 1 is 1.23 bits per heavy atom. The first kappa shape index (κ1) is 9.44. The number of nitrogens with two attached hydrogens (primary N) is 1. The monoisotopic (exact) mass is 183 g/mol. The van der Waals surface area contributed by atoms with Crippen molar-refractivity contribution >= 4 is 0 Å². The van der Waals surface area contributed by atoms with E-state index < -0.39 is 0 Å². The van der Waals surface area contributed by atoms with Gasteiger partial charge in [-0.25, -0.2) is 0 Å². The van der Waals surface area contributed by atoms with E-state index in [0.717, 1.165) is 19.0 Å². The number of piperidine rings is 1. The molecule has 2 fully saturated rings. The third-order valence-electron chi connectivity index (χ3n) is 3.34. The quantitative estimate of drug-likeness (QED) is 0.652. The lowest BCUT2D eigenvalue weighted by Gasteiger charge is -2.40. The normalized spacial score (nSPS) is 29.1. The van der Waals surface area contributed by atoms with Crippen LogP contribution in [-0.2, 0) is 0 Å². The van der Waals surface area contributed by atoms with E-state index in [9.17, 15) is 0 Å². The molecular formula is C10H21N3. The van der Waals surface area contributed by atoms with Crippen LogP contribution in [0.25, 0.3) is 0 Å². The zero-order chi connectivity index (χ0) is 9.26. The molecule has 0 saturated carbocycles. The zero-order valence-electron chi connectivity index (χ0n) is 8.58. The molecule has 0 radical (unpaired) electrons. The fourth-order valence-electron chi connectivity index (χ4n) is 2.37. The van der Waals surface area contributed by atoms with Gasteiger partial charge >= 0.3 is 0 Å². The van der Waals surface area contributed by atoms with Gasteiger partial charge in [0.1, 0.15) is 0 Å². The van der Waals surface area contributed by atoms with Crippen LogP contribution < -0.4 is 5.73 Å². The lowest BCUT2D eigenvalue weighted by atomic mass is 9.95. The molecule has 76 valence electrons. The highest BCUT2D eigenvalue weighted by Crippen LogP contribution is 2.19. The molecule has 0 aromatic heterocycles. The standard InChI is InChI=1S/C10H21N3/c1-12-4-2-9(3-5-12)6-13-7-10(11)8-13/h9-10H,2-8,11H2,1H3. The molecule has 3 heteroatoms. The fourth-order valence-corrected chi connectivity index (χ4v) is 2.37. The van der Waals surface area contributed by atoms with Crippen LogP contribution in [0.1, 0.15) is 12.8 Å². The van der Waals surface area contributed by atoms with Gasteiger partial charge in [0.15, 0.2) is 0 Å². The third-order valence-corrected chi connectivity index (χ3v) is 3.34. The van der Waals surface area contributed by atoms with E-state index in [1.807, 2.05) is 0 Å². The van der Waals surface area contributed by atoms with Gasteiger partial charge in [-0.15, -0.1) is 0 Å². The minimum atomic E-state index is 0.464. The van der Waals surface area contributed by atoms with Gasteiger partial charge in [-0.1, -0.05) is 0 Å². The predicted molar refractivity (Wildman–Crippen MR) is 54.6 cm³/mol. The molecule has 0 amide bonds. The first-order chi connectivity index (χ1) is 6.24. The van der Waals surface area contributed by atoms with Gasteiger partial charge < -0.3 is 10.6 Å². The van der Waals surface area contributed by atoms with Crippen LogP contribution in [0.5, 0.6) is 0 Å². The molecule has 0 aromatic carbocycles. The number of nitrogens with zero attached hydrogens (tertiary/aromatic N) is 2. The number of hydrogen-bond acceptors (Lipinski definition) is 3. The summed E-state index contributed by atoms with van der Waals surface area (Å²) >= 11 is 0. The van der Waals surface area contributed by atoms with E-state index in [0.29, 0.717) is 6.04 Å². The fraction of sp³-hybridized carbons (Fsp3) is 1.00. The van der Waals surface area contributed by atoms with Crippen LogP contribution >= 0.6 is 0 Å². The highest BCUT2D eigenvalue weighted by atomic mass is 15.2. The molecule has 0 bridgehead atoms. The maximum atomic E-state index is 5.75. The zero-order valence-corrected chi connectivity index (χ0v) is 8.58. The van der Waals surface area contributed by atoms with Gasteiger partial charge in [0.2, 0.25) is 0 Å². The summed E-state index contributed by atoms with van der Waals surface area (Å²) in [6, 6.07) is 0.464.